The summed E-state index contributed by atoms with van der Waals surface area (Å²) in [4.78, 5) is 3.39. The molecule has 102 valence electrons. The van der Waals surface area contributed by atoms with Crippen LogP contribution in [0.25, 0.3) is 0 Å². The summed E-state index contributed by atoms with van der Waals surface area (Å²) in [6, 6.07) is 8.47. The second-order valence-corrected chi connectivity index (χ2v) is 5.75. The number of nitriles is 1. The molecule has 0 aliphatic heterocycles. The van der Waals surface area contributed by atoms with Crippen molar-refractivity contribution in [3.63, 3.8) is 0 Å². The van der Waals surface area contributed by atoms with E-state index in [1.54, 1.807) is 6.92 Å². The zero-order valence-electron chi connectivity index (χ0n) is 10.5. The van der Waals surface area contributed by atoms with Crippen molar-refractivity contribution in [1.82, 2.24) is 4.98 Å². The molecule has 2 rings (SSSR count). The van der Waals surface area contributed by atoms with E-state index in [0.29, 0.717) is 11.1 Å². The van der Waals surface area contributed by atoms with Crippen LogP contribution in [0.3, 0.4) is 0 Å². The molecular formula is C13H10FN3O2S. The third kappa shape index (κ3) is 2.92. The van der Waals surface area contributed by atoms with Gasteiger partial charge in [-0.2, -0.15) is 9.65 Å². The Morgan fingerprint density at radius 3 is 2.60 bits per heavy atom. The number of nitrogens with zero attached hydrogens (tertiary/aromatic N) is 2. The summed E-state index contributed by atoms with van der Waals surface area (Å²) in [5.74, 6) is -0.692. The van der Waals surface area contributed by atoms with Crippen LogP contribution in [0, 0.1) is 24.2 Å². The van der Waals surface area contributed by atoms with Gasteiger partial charge < -0.3 is 0 Å². The molecule has 0 aliphatic carbocycles. The summed E-state index contributed by atoms with van der Waals surface area (Å²) < 4.78 is 39.2. The number of aromatic nitrogens is 1. The molecule has 0 radical (unpaired) electrons. The maximum absolute atomic E-state index is 12.7. The van der Waals surface area contributed by atoms with Crippen molar-refractivity contribution in [2.75, 3.05) is 4.72 Å². The number of halogens is 1. The molecule has 1 aromatic heterocycles. The van der Waals surface area contributed by atoms with Gasteiger partial charge in [0.15, 0.2) is 0 Å². The van der Waals surface area contributed by atoms with Crippen LogP contribution in [0.4, 0.5) is 10.1 Å². The standard InChI is InChI=1S/C13H10FN3O2S/c1-9-6-12(4-2-10(9)7-15)20(18,19)17-11-3-5-13(14)16-8-11/h2-6,8,17H,1H3. The number of anilines is 1. The number of benzene rings is 1. The predicted octanol–water partition coefficient (Wildman–Crippen LogP) is 2.20. The highest BCUT2D eigenvalue weighted by Gasteiger charge is 2.15. The molecule has 1 N–H and O–H groups in total. The van der Waals surface area contributed by atoms with Crippen molar-refractivity contribution in [3.05, 3.63) is 53.6 Å². The van der Waals surface area contributed by atoms with E-state index >= 15 is 0 Å². The first kappa shape index (κ1) is 14.0. The lowest BCUT2D eigenvalue weighted by atomic mass is 10.1. The number of hydrogen-bond donors (Lipinski definition) is 1. The van der Waals surface area contributed by atoms with Crippen molar-refractivity contribution in [3.8, 4) is 6.07 Å². The van der Waals surface area contributed by atoms with Gasteiger partial charge in [0, 0.05) is 0 Å². The minimum Gasteiger partial charge on any atom is -0.278 e. The fraction of sp³-hybridized carbons (Fsp3) is 0.0769. The van der Waals surface area contributed by atoms with E-state index in [1.165, 1.54) is 24.3 Å². The molecular weight excluding hydrogens is 281 g/mol. The number of hydrogen-bond acceptors (Lipinski definition) is 4. The van der Waals surface area contributed by atoms with Gasteiger partial charge in [0.2, 0.25) is 5.95 Å². The van der Waals surface area contributed by atoms with Gasteiger partial charge >= 0.3 is 0 Å². The van der Waals surface area contributed by atoms with Gasteiger partial charge in [0.25, 0.3) is 10.0 Å². The maximum Gasteiger partial charge on any atom is 0.261 e. The molecule has 1 aromatic carbocycles. The topological polar surface area (TPSA) is 82.8 Å². The zero-order valence-corrected chi connectivity index (χ0v) is 11.3. The number of aryl methyl sites for hydroxylation is 1. The summed E-state index contributed by atoms with van der Waals surface area (Å²) in [5, 5.41) is 8.81. The van der Waals surface area contributed by atoms with Gasteiger partial charge in [-0.25, -0.2) is 13.4 Å². The summed E-state index contributed by atoms with van der Waals surface area (Å²) >= 11 is 0. The quantitative estimate of drug-likeness (QED) is 0.879. The molecule has 0 fully saturated rings. The first-order chi connectivity index (χ1) is 9.42. The van der Waals surface area contributed by atoms with Crippen LogP contribution in [0.1, 0.15) is 11.1 Å². The van der Waals surface area contributed by atoms with Crippen molar-refractivity contribution in [2.45, 2.75) is 11.8 Å². The fourth-order valence-electron chi connectivity index (χ4n) is 1.58. The van der Waals surface area contributed by atoms with Crippen LogP contribution >= 0.6 is 0 Å². The molecule has 0 amide bonds. The minimum atomic E-state index is -3.80. The van der Waals surface area contributed by atoms with Crippen LogP contribution in [0.2, 0.25) is 0 Å². The smallest absolute Gasteiger partial charge is 0.261 e. The van der Waals surface area contributed by atoms with Gasteiger partial charge in [-0.1, -0.05) is 0 Å². The van der Waals surface area contributed by atoms with Crippen molar-refractivity contribution >= 4 is 15.7 Å². The molecule has 0 atom stereocenters. The molecule has 0 bridgehead atoms. The number of nitrogens with one attached hydrogen (secondary N) is 1. The monoisotopic (exact) mass is 291 g/mol. The van der Waals surface area contributed by atoms with Crippen LogP contribution < -0.4 is 4.72 Å². The molecule has 0 aliphatic rings. The minimum absolute atomic E-state index is 0.0262. The van der Waals surface area contributed by atoms with Crippen LogP contribution in [0.15, 0.2) is 41.4 Å². The van der Waals surface area contributed by atoms with Gasteiger partial charge in [0.05, 0.1) is 28.4 Å². The van der Waals surface area contributed by atoms with Crippen molar-refractivity contribution < 1.29 is 12.8 Å². The van der Waals surface area contributed by atoms with Crippen LogP contribution in [-0.2, 0) is 10.0 Å². The highest BCUT2D eigenvalue weighted by atomic mass is 32.2. The maximum atomic E-state index is 12.7. The number of rotatable bonds is 3. The Labute approximate surface area is 115 Å². The first-order valence-electron chi connectivity index (χ1n) is 5.57. The number of sulfonamides is 1. The highest BCUT2D eigenvalue weighted by molar-refractivity contribution is 7.92. The van der Waals surface area contributed by atoms with Gasteiger partial charge in [-0.05, 0) is 42.8 Å². The van der Waals surface area contributed by atoms with Crippen LogP contribution in [0.5, 0.6) is 0 Å². The van der Waals surface area contributed by atoms with E-state index in [-0.39, 0.29) is 10.6 Å². The molecule has 0 saturated heterocycles. The van der Waals surface area contributed by atoms with E-state index in [9.17, 15) is 12.8 Å². The molecule has 7 heteroatoms. The SMILES string of the molecule is Cc1cc(S(=O)(=O)Nc2ccc(F)nc2)ccc1C#N. The van der Waals surface area contributed by atoms with Gasteiger partial charge in [-0.15, -0.1) is 0 Å². The summed E-state index contributed by atoms with van der Waals surface area (Å²) in [6.45, 7) is 1.65. The normalized spacial score (nSPS) is 10.8. The lowest BCUT2D eigenvalue weighted by Gasteiger charge is -2.08. The largest absolute Gasteiger partial charge is 0.278 e. The second-order valence-electron chi connectivity index (χ2n) is 4.06. The third-order valence-corrected chi connectivity index (χ3v) is 3.99. The fourth-order valence-corrected chi connectivity index (χ4v) is 2.71. The molecule has 0 saturated carbocycles. The van der Waals surface area contributed by atoms with E-state index in [0.717, 1.165) is 12.3 Å². The van der Waals surface area contributed by atoms with Gasteiger partial charge in [-0.3, -0.25) is 4.72 Å². The lowest BCUT2D eigenvalue weighted by molar-refractivity contribution is 0.583. The predicted molar refractivity (Wildman–Crippen MR) is 70.9 cm³/mol. The average Bonchev–Trinajstić information content (AvgIpc) is 2.41. The summed E-state index contributed by atoms with van der Waals surface area (Å²) in [5.41, 5.74) is 1.13. The average molecular weight is 291 g/mol. The van der Waals surface area contributed by atoms with Gasteiger partial charge in [0.1, 0.15) is 0 Å². The molecule has 20 heavy (non-hydrogen) atoms. The molecule has 2 aromatic rings. The van der Waals surface area contributed by atoms with E-state index < -0.39 is 16.0 Å². The van der Waals surface area contributed by atoms with E-state index in [1.807, 2.05) is 6.07 Å². The second kappa shape index (κ2) is 5.27. The Kier molecular flexibility index (Phi) is 3.68. The highest BCUT2D eigenvalue weighted by Crippen LogP contribution is 2.18. The summed E-state index contributed by atoms with van der Waals surface area (Å²) in [7, 11) is -3.80. The van der Waals surface area contributed by atoms with Crippen molar-refractivity contribution in [1.29, 1.82) is 5.26 Å². The first-order valence-corrected chi connectivity index (χ1v) is 7.06. The molecule has 1 heterocycles. The Bertz CT molecular complexity index is 780. The van der Waals surface area contributed by atoms with E-state index in [2.05, 4.69) is 9.71 Å². The Hall–Kier alpha value is -2.46. The molecule has 0 unspecified atom stereocenters. The Balaban J connectivity index is 2.33. The molecule has 5 nitrogen and oxygen atoms in total. The van der Waals surface area contributed by atoms with E-state index in [4.69, 9.17) is 5.26 Å². The zero-order chi connectivity index (χ0) is 14.8. The molecule has 0 spiro atoms. The lowest BCUT2D eigenvalue weighted by Crippen LogP contribution is -2.13. The van der Waals surface area contributed by atoms with Crippen molar-refractivity contribution in [2.24, 2.45) is 0 Å². The number of pyridine rings is 1. The van der Waals surface area contributed by atoms with Crippen LogP contribution in [-0.4, -0.2) is 13.4 Å². The summed E-state index contributed by atoms with van der Waals surface area (Å²) in [6.07, 6.45) is 1.09. The third-order valence-electron chi connectivity index (χ3n) is 2.61. The Morgan fingerprint density at radius 1 is 1.30 bits per heavy atom. The Morgan fingerprint density at radius 2 is 2.05 bits per heavy atom.